The molecule has 1 aliphatic heterocycles. The topological polar surface area (TPSA) is 47.9 Å². The van der Waals surface area contributed by atoms with Crippen molar-refractivity contribution < 1.29 is 5.11 Å². The summed E-state index contributed by atoms with van der Waals surface area (Å²) in [6, 6.07) is 10.9. The molecule has 2 unspecified atom stereocenters. The van der Waals surface area contributed by atoms with E-state index in [1.165, 1.54) is 5.56 Å². The fraction of sp³-hybridized carbons (Fsp3) is 0.650. The molecule has 1 aliphatic carbocycles. The average molecular weight is 457 g/mol. The van der Waals surface area contributed by atoms with Gasteiger partial charge in [-0.2, -0.15) is 0 Å². The van der Waals surface area contributed by atoms with Crippen LogP contribution in [0, 0.1) is 5.92 Å². The Bertz CT molecular complexity index is 559. The van der Waals surface area contributed by atoms with E-state index >= 15 is 0 Å². The predicted molar refractivity (Wildman–Crippen MR) is 115 cm³/mol. The second-order valence-corrected chi connectivity index (χ2v) is 7.48. The first-order chi connectivity index (χ1) is 11.6. The van der Waals surface area contributed by atoms with Crippen LogP contribution in [0.5, 0.6) is 0 Å². The van der Waals surface area contributed by atoms with Gasteiger partial charge in [-0.15, -0.1) is 24.0 Å². The van der Waals surface area contributed by atoms with Crippen molar-refractivity contribution in [3.05, 3.63) is 35.9 Å². The molecule has 2 aliphatic rings. The zero-order valence-electron chi connectivity index (χ0n) is 15.4. The van der Waals surface area contributed by atoms with E-state index in [9.17, 15) is 5.11 Å². The van der Waals surface area contributed by atoms with Crippen molar-refractivity contribution in [2.24, 2.45) is 10.9 Å². The summed E-state index contributed by atoms with van der Waals surface area (Å²) in [6.07, 6.45) is 4.06. The Kier molecular flexibility index (Phi) is 7.55. The first kappa shape index (κ1) is 20.5. The summed E-state index contributed by atoms with van der Waals surface area (Å²) >= 11 is 0. The molecule has 1 saturated carbocycles. The largest absolute Gasteiger partial charge is 0.388 e. The normalized spacial score (nSPS) is 25.7. The minimum Gasteiger partial charge on any atom is -0.388 e. The van der Waals surface area contributed by atoms with E-state index in [1.54, 1.807) is 0 Å². The molecule has 0 amide bonds. The third-order valence-corrected chi connectivity index (χ3v) is 5.57. The Labute approximate surface area is 169 Å². The summed E-state index contributed by atoms with van der Waals surface area (Å²) in [7, 11) is 0. The van der Waals surface area contributed by atoms with Gasteiger partial charge < -0.3 is 15.3 Å². The van der Waals surface area contributed by atoms with Gasteiger partial charge >= 0.3 is 0 Å². The molecule has 3 rings (SSSR count). The van der Waals surface area contributed by atoms with E-state index in [4.69, 9.17) is 4.99 Å². The minimum absolute atomic E-state index is 0. The van der Waals surface area contributed by atoms with Crippen LogP contribution in [0.25, 0.3) is 0 Å². The van der Waals surface area contributed by atoms with Crippen molar-refractivity contribution in [3.8, 4) is 0 Å². The van der Waals surface area contributed by atoms with Crippen LogP contribution >= 0.6 is 24.0 Å². The van der Waals surface area contributed by atoms with Crippen molar-refractivity contribution in [2.75, 3.05) is 26.2 Å². The van der Waals surface area contributed by atoms with Gasteiger partial charge in [-0.05, 0) is 50.0 Å². The van der Waals surface area contributed by atoms with Crippen LogP contribution in [-0.4, -0.2) is 47.7 Å². The second kappa shape index (κ2) is 9.21. The number of guanidine groups is 1. The van der Waals surface area contributed by atoms with E-state index in [0.29, 0.717) is 18.4 Å². The number of hydrogen-bond donors (Lipinski definition) is 2. The highest BCUT2D eigenvalue weighted by molar-refractivity contribution is 14.0. The van der Waals surface area contributed by atoms with Crippen LogP contribution in [0.3, 0.4) is 0 Å². The Morgan fingerprint density at radius 2 is 2.04 bits per heavy atom. The fourth-order valence-electron chi connectivity index (χ4n) is 3.92. The number of aliphatic imine (C=N–C) groups is 1. The van der Waals surface area contributed by atoms with E-state index < -0.39 is 5.60 Å². The second-order valence-electron chi connectivity index (χ2n) is 7.48. The van der Waals surface area contributed by atoms with E-state index in [2.05, 4.69) is 54.4 Å². The molecule has 2 atom stereocenters. The lowest BCUT2D eigenvalue weighted by Gasteiger charge is -2.40. The molecule has 0 bridgehead atoms. The SMILES string of the molecule is CCNC(=NCC1(O)CCC1)N1CCC(c2ccccc2)C(C)C1.I. The van der Waals surface area contributed by atoms with Crippen molar-refractivity contribution in [3.63, 3.8) is 0 Å². The third-order valence-electron chi connectivity index (χ3n) is 5.57. The van der Waals surface area contributed by atoms with Crippen LogP contribution in [0.2, 0.25) is 0 Å². The maximum Gasteiger partial charge on any atom is 0.194 e. The molecule has 1 aromatic carbocycles. The van der Waals surface area contributed by atoms with Crippen LogP contribution in [0.4, 0.5) is 0 Å². The van der Waals surface area contributed by atoms with Gasteiger partial charge in [0.1, 0.15) is 0 Å². The van der Waals surface area contributed by atoms with Gasteiger partial charge in [-0.1, -0.05) is 37.3 Å². The summed E-state index contributed by atoms with van der Waals surface area (Å²) < 4.78 is 0. The molecule has 2 N–H and O–H groups in total. The van der Waals surface area contributed by atoms with Crippen molar-refractivity contribution in [1.82, 2.24) is 10.2 Å². The van der Waals surface area contributed by atoms with Crippen LogP contribution in [0.1, 0.15) is 51.0 Å². The van der Waals surface area contributed by atoms with Crippen molar-refractivity contribution in [1.29, 1.82) is 0 Å². The van der Waals surface area contributed by atoms with Crippen molar-refractivity contribution >= 4 is 29.9 Å². The Hall–Kier alpha value is -0.820. The number of rotatable bonds is 4. The van der Waals surface area contributed by atoms with Crippen LogP contribution in [0.15, 0.2) is 35.3 Å². The Morgan fingerprint density at radius 1 is 1.32 bits per heavy atom. The first-order valence-corrected chi connectivity index (χ1v) is 9.42. The molecule has 0 spiro atoms. The Balaban J connectivity index is 0.00000225. The molecular weight excluding hydrogens is 425 g/mol. The van der Waals surface area contributed by atoms with Crippen molar-refractivity contribution in [2.45, 2.75) is 51.0 Å². The molecule has 4 nitrogen and oxygen atoms in total. The molecule has 0 aromatic heterocycles. The zero-order chi connectivity index (χ0) is 17.0. The van der Waals surface area contributed by atoms with E-state index in [1.807, 2.05) is 0 Å². The smallest absolute Gasteiger partial charge is 0.194 e. The number of hydrogen-bond acceptors (Lipinski definition) is 2. The highest BCUT2D eigenvalue weighted by atomic mass is 127. The number of nitrogens with one attached hydrogen (secondary N) is 1. The lowest BCUT2D eigenvalue weighted by molar-refractivity contribution is -0.0238. The van der Waals surface area contributed by atoms with Crippen LogP contribution in [-0.2, 0) is 0 Å². The van der Waals surface area contributed by atoms with Gasteiger partial charge in [-0.3, -0.25) is 4.99 Å². The number of nitrogens with zero attached hydrogens (tertiary/aromatic N) is 2. The predicted octanol–water partition coefficient (Wildman–Crippen LogP) is 3.61. The first-order valence-electron chi connectivity index (χ1n) is 9.42. The molecule has 1 aromatic rings. The Morgan fingerprint density at radius 3 is 2.60 bits per heavy atom. The van der Waals surface area contributed by atoms with E-state index in [-0.39, 0.29) is 24.0 Å². The molecule has 1 saturated heterocycles. The lowest BCUT2D eigenvalue weighted by Crippen LogP contribution is -2.49. The van der Waals surface area contributed by atoms with Gasteiger partial charge in [0, 0.05) is 19.6 Å². The number of likely N-dealkylation sites (tertiary alicyclic amines) is 1. The highest BCUT2D eigenvalue weighted by Crippen LogP contribution is 2.33. The molecule has 140 valence electrons. The molecule has 5 heteroatoms. The lowest BCUT2D eigenvalue weighted by atomic mass is 9.80. The number of aliphatic hydroxyl groups is 1. The standard InChI is InChI=1S/C20H31N3O.HI/c1-3-21-19(22-15-20(24)11-7-12-20)23-13-10-18(16(2)14-23)17-8-5-4-6-9-17;/h4-6,8-9,16,18,24H,3,7,10-15H2,1-2H3,(H,21,22);1H. The number of benzene rings is 1. The van der Waals surface area contributed by atoms with Gasteiger partial charge in [0.05, 0.1) is 12.1 Å². The third kappa shape index (κ3) is 5.09. The van der Waals surface area contributed by atoms with Crippen LogP contribution < -0.4 is 5.32 Å². The fourth-order valence-corrected chi connectivity index (χ4v) is 3.92. The number of halogens is 1. The van der Waals surface area contributed by atoms with Gasteiger partial charge in [0.2, 0.25) is 0 Å². The summed E-state index contributed by atoms with van der Waals surface area (Å²) in [5, 5.41) is 13.7. The molecule has 0 radical (unpaired) electrons. The van der Waals surface area contributed by atoms with Gasteiger partial charge in [0.15, 0.2) is 5.96 Å². The average Bonchev–Trinajstić information content (AvgIpc) is 2.57. The van der Waals surface area contributed by atoms with Gasteiger partial charge in [0.25, 0.3) is 0 Å². The quantitative estimate of drug-likeness (QED) is 0.413. The summed E-state index contributed by atoms with van der Waals surface area (Å²) in [5.74, 6) is 2.19. The molecule has 1 heterocycles. The summed E-state index contributed by atoms with van der Waals surface area (Å²) in [4.78, 5) is 7.12. The zero-order valence-corrected chi connectivity index (χ0v) is 17.8. The van der Waals surface area contributed by atoms with Gasteiger partial charge in [-0.25, -0.2) is 0 Å². The summed E-state index contributed by atoms with van der Waals surface area (Å²) in [5.41, 5.74) is 0.907. The minimum atomic E-state index is -0.547. The maximum absolute atomic E-state index is 10.3. The monoisotopic (exact) mass is 457 g/mol. The van der Waals surface area contributed by atoms with E-state index in [0.717, 1.165) is 51.3 Å². The summed E-state index contributed by atoms with van der Waals surface area (Å²) in [6.45, 7) is 7.88. The molecule has 2 fully saturated rings. The molecular formula is C20H32IN3O. The highest BCUT2D eigenvalue weighted by Gasteiger charge is 2.35. The number of piperidine rings is 1. The maximum atomic E-state index is 10.3. The molecule has 25 heavy (non-hydrogen) atoms.